The van der Waals surface area contributed by atoms with Gasteiger partial charge in [0.15, 0.2) is 0 Å². The van der Waals surface area contributed by atoms with E-state index >= 15 is 0 Å². The van der Waals surface area contributed by atoms with Crippen LogP contribution in [0.5, 0.6) is 0 Å². The normalized spacial score (nSPS) is 19.7. The monoisotopic (exact) mass is 323 g/mol. The lowest BCUT2D eigenvalue weighted by Crippen LogP contribution is -2.28. The maximum Gasteiger partial charge on any atom is 0.416 e. The Balaban J connectivity index is 2.30. The topological polar surface area (TPSA) is 46.2 Å². The van der Waals surface area contributed by atoms with Crippen molar-refractivity contribution in [3.63, 3.8) is 0 Å². The molecule has 18 heavy (non-hydrogen) atoms. The van der Waals surface area contributed by atoms with E-state index in [4.69, 9.17) is 5.73 Å². The van der Waals surface area contributed by atoms with Gasteiger partial charge in [0.05, 0.1) is 17.7 Å². The molecule has 3 N–H and O–H groups in total. The van der Waals surface area contributed by atoms with Crippen molar-refractivity contribution >= 4 is 15.9 Å². The molecule has 2 rings (SSSR count). The molecular weight excluding hydrogens is 311 g/mol. The zero-order chi connectivity index (χ0) is 13.5. The Morgan fingerprint density at radius 3 is 2.44 bits per heavy atom. The van der Waals surface area contributed by atoms with Crippen molar-refractivity contribution in [2.24, 2.45) is 11.7 Å². The molecule has 0 amide bonds. The van der Waals surface area contributed by atoms with Gasteiger partial charge < -0.3 is 10.8 Å². The molecule has 2 nitrogen and oxygen atoms in total. The minimum absolute atomic E-state index is 0.112. The van der Waals surface area contributed by atoms with E-state index in [1.54, 1.807) is 0 Å². The second kappa shape index (κ2) is 4.83. The Morgan fingerprint density at radius 1 is 1.33 bits per heavy atom. The maximum atomic E-state index is 12.6. The van der Waals surface area contributed by atoms with E-state index in [1.807, 2.05) is 0 Å². The lowest BCUT2D eigenvalue weighted by Gasteiger charge is -2.21. The first-order valence-corrected chi connectivity index (χ1v) is 6.40. The molecule has 100 valence electrons. The average molecular weight is 324 g/mol. The van der Waals surface area contributed by atoms with E-state index < -0.39 is 23.9 Å². The number of nitrogens with two attached hydrogens (primary N) is 1. The molecule has 2 atom stereocenters. The number of hydrogen-bond donors (Lipinski definition) is 2. The van der Waals surface area contributed by atoms with Crippen LogP contribution in [0.2, 0.25) is 0 Å². The van der Waals surface area contributed by atoms with Crippen LogP contribution in [0.3, 0.4) is 0 Å². The minimum atomic E-state index is -4.40. The first-order valence-electron chi connectivity index (χ1n) is 5.61. The SMILES string of the molecule is N[C@H](c1cc(C(F)(F)F)ccc1Br)[C@@H](O)C1CC1. The summed E-state index contributed by atoms with van der Waals surface area (Å²) in [4.78, 5) is 0. The van der Waals surface area contributed by atoms with Crippen LogP contribution >= 0.6 is 15.9 Å². The molecule has 0 saturated heterocycles. The molecule has 6 heteroatoms. The Kier molecular flexibility index (Phi) is 3.71. The summed E-state index contributed by atoms with van der Waals surface area (Å²) in [6, 6.07) is 2.51. The van der Waals surface area contributed by atoms with Crippen LogP contribution in [0.1, 0.15) is 30.0 Å². The van der Waals surface area contributed by atoms with Crippen molar-refractivity contribution in [1.82, 2.24) is 0 Å². The summed E-state index contributed by atoms with van der Waals surface area (Å²) in [5, 5.41) is 9.90. The fourth-order valence-electron chi connectivity index (χ4n) is 1.89. The highest BCUT2D eigenvalue weighted by Crippen LogP contribution is 2.40. The van der Waals surface area contributed by atoms with Gasteiger partial charge in [0, 0.05) is 4.47 Å². The minimum Gasteiger partial charge on any atom is -0.391 e. The molecule has 0 bridgehead atoms. The molecule has 1 fully saturated rings. The van der Waals surface area contributed by atoms with E-state index in [9.17, 15) is 18.3 Å². The maximum absolute atomic E-state index is 12.6. The molecule has 1 aliphatic carbocycles. The fourth-order valence-corrected chi connectivity index (χ4v) is 2.40. The zero-order valence-electron chi connectivity index (χ0n) is 9.41. The zero-order valence-corrected chi connectivity index (χ0v) is 11.0. The van der Waals surface area contributed by atoms with E-state index in [0.29, 0.717) is 10.0 Å². The second-order valence-corrected chi connectivity index (χ2v) is 5.44. The molecule has 0 radical (unpaired) electrons. The first-order chi connectivity index (χ1) is 8.30. The van der Waals surface area contributed by atoms with E-state index in [-0.39, 0.29) is 5.92 Å². The highest BCUT2D eigenvalue weighted by Gasteiger charge is 2.36. The number of benzene rings is 1. The predicted octanol–water partition coefficient (Wildman–Crippen LogP) is 3.24. The van der Waals surface area contributed by atoms with E-state index in [1.165, 1.54) is 6.07 Å². The van der Waals surface area contributed by atoms with E-state index in [0.717, 1.165) is 25.0 Å². The Labute approximate surface area is 111 Å². The summed E-state index contributed by atoms with van der Waals surface area (Å²) in [5.41, 5.74) is 5.39. The molecule has 0 heterocycles. The van der Waals surface area contributed by atoms with Gasteiger partial charge in [-0.05, 0) is 42.5 Å². The molecule has 1 aromatic carbocycles. The molecule has 0 spiro atoms. The summed E-state index contributed by atoms with van der Waals surface area (Å²) >= 11 is 3.18. The van der Waals surface area contributed by atoms with Gasteiger partial charge >= 0.3 is 6.18 Å². The third kappa shape index (κ3) is 2.87. The average Bonchev–Trinajstić information content (AvgIpc) is 3.10. The van der Waals surface area contributed by atoms with Gasteiger partial charge in [-0.2, -0.15) is 13.2 Å². The summed E-state index contributed by atoms with van der Waals surface area (Å²) in [6.45, 7) is 0. The smallest absolute Gasteiger partial charge is 0.391 e. The van der Waals surface area contributed by atoms with Crippen molar-refractivity contribution < 1.29 is 18.3 Å². The summed E-state index contributed by atoms with van der Waals surface area (Å²) in [7, 11) is 0. The largest absolute Gasteiger partial charge is 0.416 e. The van der Waals surface area contributed by atoms with Gasteiger partial charge in [-0.15, -0.1) is 0 Å². The molecule has 1 aliphatic rings. The summed E-state index contributed by atoms with van der Waals surface area (Å²) in [6.07, 6.45) is -3.43. The van der Waals surface area contributed by atoms with Crippen LogP contribution < -0.4 is 5.73 Å². The predicted molar refractivity (Wildman–Crippen MR) is 64.8 cm³/mol. The number of aliphatic hydroxyl groups is 1. The van der Waals surface area contributed by atoms with E-state index in [2.05, 4.69) is 15.9 Å². The van der Waals surface area contributed by atoms with Crippen LogP contribution in [0.25, 0.3) is 0 Å². The Bertz CT molecular complexity index is 445. The van der Waals surface area contributed by atoms with Crippen LogP contribution in [0, 0.1) is 5.92 Å². The van der Waals surface area contributed by atoms with Gasteiger partial charge in [-0.3, -0.25) is 0 Å². The van der Waals surface area contributed by atoms with Crippen molar-refractivity contribution in [3.05, 3.63) is 33.8 Å². The number of hydrogen-bond acceptors (Lipinski definition) is 2. The summed E-state index contributed by atoms with van der Waals surface area (Å²) in [5.74, 6) is 0.112. The lowest BCUT2D eigenvalue weighted by atomic mass is 9.97. The van der Waals surface area contributed by atoms with Gasteiger partial charge in [0.1, 0.15) is 0 Å². The third-order valence-electron chi connectivity index (χ3n) is 3.16. The number of rotatable bonds is 3. The Hall–Kier alpha value is -0.590. The van der Waals surface area contributed by atoms with Crippen molar-refractivity contribution in [3.8, 4) is 0 Å². The van der Waals surface area contributed by atoms with Gasteiger partial charge in [-0.25, -0.2) is 0 Å². The lowest BCUT2D eigenvalue weighted by molar-refractivity contribution is -0.137. The molecule has 0 aromatic heterocycles. The highest BCUT2D eigenvalue weighted by atomic mass is 79.9. The molecule has 1 saturated carbocycles. The molecular formula is C12H13BrF3NO. The van der Waals surface area contributed by atoms with Crippen molar-refractivity contribution in [2.75, 3.05) is 0 Å². The number of alkyl halides is 3. The van der Waals surface area contributed by atoms with Crippen LogP contribution in [-0.2, 0) is 6.18 Å². The highest BCUT2D eigenvalue weighted by molar-refractivity contribution is 9.10. The first kappa shape index (κ1) is 13.8. The molecule has 0 unspecified atom stereocenters. The standard InChI is InChI=1S/C12H13BrF3NO/c13-9-4-3-7(12(14,15)16)5-8(9)10(17)11(18)6-1-2-6/h3-6,10-11,18H,1-2,17H2/t10-,11+/m1/s1. The third-order valence-corrected chi connectivity index (χ3v) is 3.88. The number of halogens is 4. The summed E-state index contributed by atoms with van der Waals surface area (Å²) < 4.78 is 38.3. The van der Waals surface area contributed by atoms with Gasteiger partial charge in [0.25, 0.3) is 0 Å². The van der Waals surface area contributed by atoms with Crippen molar-refractivity contribution in [1.29, 1.82) is 0 Å². The Morgan fingerprint density at radius 2 is 1.94 bits per heavy atom. The molecule has 0 aliphatic heterocycles. The van der Waals surface area contributed by atoms with Crippen molar-refractivity contribution in [2.45, 2.75) is 31.2 Å². The van der Waals surface area contributed by atoms with Crippen LogP contribution in [0.15, 0.2) is 22.7 Å². The van der Waals surface area contributed by atoms with Crippen LogP contribution in [0.4, 0.5) is 13.2 Å². The molecule has 1 aromatic rings. The second-order valence-electron chi connectivity index (χ2n) is 4.59. The fraction of sp³-hybridized carbons (Fsp3) is 0.500. The quantitative estimate of drug-likeness (QED) is 0.897. The number of aliphatic hydroxyl groups excluding tert-OH is 1. The van der Waals surface area contributed by atoms with Gasteiger partial charge in [-0.1, -0.05) is 15.9 Å². The van der Waals surface area contributed by atoms with Crippen LogP contribution in [-0.4, -0.2) is 11.2 Å². The van der Waals surface area contributed by atoms with Gasteiger partial charge in [0.2, 0.25) is 0 Å².